The molecule has 4 atom stereocenters. The van der Waals surface area contributed by atoms with E-state index in [9.17, 15) is 9.67 Å². The highest BCUT2D eigenvalue weighted by Crippen LogP contribution is 2.37. The van der Waals surface area contributed by atoms with Crippen LogP contribution in [-0.4, -0.2) is 53.8 Å². The van der Waals surface area contributed by atoms with Gasteiger partial charge in [-0.15, -0.1) is 0 Å². The van der Waals surface area contributed by atoms with Gasteiger partial charge in [-0.25, -0.2) is 0 Å². The number of aliphatic hydroxyl groups is 1. The largest absolute Gasteiger partial charge is 0.387 e. The van der Waals surface area contributed by atoms with Gasteiger partial charge in [0, 0.05) is 11.8 Å². The van der Waals surface area contributed by atoms with Gasteiger partial charge >= 0.3 is 7.60 Å². The van der Waals surface area contributed by atoms with Crippen molar-refractivity contribution in [2.75, 3.05) is 6.73 Å². The van der Waals surface area contributed by atoms with Gasteiger partial charge < -0.3 is 30.1 Å². The van der Waals surface area contributed by atoms with Gasteiger partial charge in [-0.05, 0) is 6.08 Å². The van der Waals surface area contributed by atoms with Crippen LogP contribution in [0.2, 0.25) is 0 Å². The molecular weight excluding hydrogens is 236 g/mol. The lowest BCUT2D eigenvalue weighted by atomic mass is 9.93. The van der Waals surface area contributed by atoms with Gasteiger partial charge in [0.05, 0.1) is 6.73 Å². The Morgan fingerprint density at radius 2 is 2.19 bits per heavy atom. The lowest BCUT2D eigenvalue weighted by molar-refractivity contribution is -0.0166. The van der Waals surface area contributed by atoms with Crippen molar-refractivity contribution < 1.29 is 28.9 Å². The van der Waals surface area contributed by atoms with E-state index in [1.54, 1.807) is 0 Å². The van der Waals surface area contributed by atoms with Crippen LogP contribution in [0.1, 0.15) is 0 Å². The fourth-order valence-corrected chi connectivity index (χ4v) is 1.78. The topological polar surface area (TPSA) is 122 Å². The van der Waals surface area contributed by atoms with Gasteiger partial charge in [0.2, 0.25) is 0 Å². The van der Waals surface area contributed by atoms with E-state index in [1.165, 1.54) is 0 Å². The second-order valence-electron chi connectivity index (χ2n) is 3.28. The maximum absolute atomic E-state index is 10.6. The molecule has 1 heterocycles. The highest BCUT2D eigenvalue weighted by molar-refractivity contribution is 7.55. The average Bonchev–Trinajstić information content (AvgIpc) is 2.42. The van der Waals surface area contributed by atoms with Crippen LogP contribution in [-0.2, 0) is 14.0 Å². The lowest BCUT2D eigenvalue weighted by Crippen LogP contribution is -2.36. The summed E-state index contributed by atoms with van der Waals surface area (Å²) in [7, 11) is 1.22. The highest BCUT2D eigenvalue weighted by Gasteiger charge is 2.40. The Kier molecular flexibility index (Phi) is 4.69. The van der Waals surface area contributed by atoms with E-state index in [0.29, 0.717) is 5.82 Å². The summed E-state index contributed by atoms with van der Waals surface area (Å²) in [4.78, 5) is 17.2. The summed E-state index contributed by atoms with van der Waals surface area (Å²) < 4.78 is 20.6. The van der Waals surface area contributed by atoms with E-state index in [0.717, 1.165) is 6.08 Å². The fraction of sp³-hybridized carbons (Fsp3) is 0.714. The maximum atomic E-state index is 10.6. The summed E-state index contributed by atoms with van der Waals surface area (Å²) in [6, 6.07) is -0.884. The molecule has 0 amide bonds. The monoisotopic (exact) mass is 249 g/mol. The first-order valence-electron chi connectivity index (χ1n) is 4.50. The normalized spacial score (nSPS) is 36.0. The maximum Gasteiger partial charge on any atom is 0.348 e. The van der Waals surface area contributed by atoms with Crippen molar-refractivity contribution in [3.63, 3.8) is 0 Å². The van der Waals surface area contributed by atoms with Crippen molar-refractivity contribution in [2.45, 2.75) is 24.3 Å². The Morgan fingerprint density at radius 1 is 1.56 bits per heavy atom. The van der Waals surface area contributed by atoms with Crippen LogP contribution in [0.25, 0.3) is 0 Å². The van der Waals surface area contributed by atoms with Gasteiger partial charge in [0.1, 0.15) is 26.2 Å². The Morgan fingerprint density at radius 3 is 2.69 bits per heavy atom. The molecule has 0 aromatic heterocycles. The standard InChI is InChI=1S/C7H13BNO6P/c8-7-6(14-3-9)5(10)4(15-7)1-2-16(11,12)13/h1-2,4-7,10H,3,9H2,(H2,11,12,13)/b2-1+/t4-,5?,6+,7-/m1/s1. The van der Waals surface area contributed by atoms with Gasteiger partial charge in [-0.2, -0.15) is 0 Å². The second-order valence-corrected chi connectivity index (χ2v) is 4.76. The first-order chi connectivity index (χ1) is 7.35. The molecule has 1 rings (SSSR count). The van der Waals surface area contributed by atoms with Crippen LogP contribution in [0, 0.1) is 0 Å². The molecule has 7 nitrogen and oxygen atoms in total. The molecule has 0 aliphatic carbocycles. The van der Waals surface area contributed by atoms with Crippen LogP contribution in [0.15, 0.2) is 11.9 Å². The molecule has 5 N–H and O–H groups in total. The minimum absolute atomic E-state index is 0.131. The van der Waals surface area contributed by atoms with E-state index in [4.69, 9.17) is 32.8 Å². The predicted molar refractivity (Wildman–Crippen MR) is 55.5 cm³/mol. The SMILES string of the molecule is [B][C@@H]1O[C@H](/C=C/P(=O)(O)O)C(O)[C@@H]1OCN. The fourth-order valence-electron chi connectivity index (χ4n) is 1.38. The van der Waals surface area contributed by atoms with E-state index in [1.807, 2.05) is 0 Å². The zero-order valence-corrected chi connectivity index (χ0v) is 9.23. The third-order valence-electron chi connectivity index (χ3n) is 2.07. The van der Waals surface area contributed by atoms with Crippen molar-refractivity contribution in [3.8, 4) is 0 Å². The van der Waals surface area contributed by atoms with Crippen molar-refractivity contribution >= 4 is 15.4 Å². The second kappa shape index (κ2) is 5.42. The smallest absolute Gasteiger partial charge is 0.348 e. The molecule has 1 fully saturated rings. The highest BCUT2D eigenvalue weighted by atomic mass is 31.2. The molecule has 0 spiro atoms. The Balaban J connectivity index is 2.65. The summed E-state index contributed by atoms with van der Waals surface area (Å²) in [6.45, 7) is -0.131. The van der Waals surface area contributed by atoms with Gasteiger partial charge in [-0.3, -0.25) is 4.57 Å². The molecule has 0 aromatic carbocycles. The molecule has 2 radical (unpaired) electrons. The minimum atomic E-state index is -4.28. The molecule has 0 bridgehead atoms. The molecule has 1 aliphatic rings. The number of nitrogens with two attached hydrogens (primary N) is 1. The first kappa shape index (κ1) is 13.9. The Bertz CT molecular complexity index is 307. The molecule has 16 heavy (non-hydrogen) atoms. The molecule has 9 heteroatoms. The molecule has 90 valence electrons. The quantitative estimate of drug-likeness (QED) is 0.264. The molecule has 1 unspecified atom stereocenters. The van der Waals surface area contributed by atoms with Crippen LogP contribution >= 0.6 is 7.60 Å². The molecule has 0 aromatic rings. The van der Waals surface area contributed by atoms with Crippen LogP contribution in [0.3, 0.4) is 0 Å². The van der Waals surface area contributed by atoms with Crippen molar-refractivity contribution in [3.05, 3.63) is 11.9 Å². The summed E-state index contributed by atoms with van der Waals surface area (Å²) in [5.74, 6) is 0.651. The van der Waals surface area contributed by atoms with Gasteiger partial charge in [-0.1, -0.05) is 0 Å². The lowest BCUT2D eigenvalue weighted by Gasteiger charge is -2.17. The summed E-state index contributed by atoms with van der Waals surface area (Å²) in [5, 5.41) is 9.66. The van der Waals surface area contributed by atoms with E-state index in [2.05, 4.69) is 0 Å². The van der Waals surface area contributed by atoms with E-state index < -0.39 is 31.9 Å². The Labute approximate surface area is 93.8 Å². The molecule has 0 saturated carbocycles. The molecule has 1 aliphatic heterocycles. The van der Waals surface area contributed by atoms with Crippen molar-refractivity contribution in [1.29, 1.82) is 0 Å². The number of ether oxygens (including phenoxy) is 2. The number of hydrogen-bond donors (Lipinski definition) is 4. The third kappa shape index (κ3) is 3.67. The zero-order chi connectivity index (χ0) is 12.3. The third-order valence-corrected chi connectivity index (χ3v) is 2.63. The molecular formula is C7H13BNO6P. The predicted octanol–water partition coefficient (Wildman–Crippen LogP) is -1.77. The van der Waals surface area contributed by atoms with E-state index >= 15 is 0 Å². The zero-order valence-electron chi connectivity index (χ0n) is 8.34. The van der Waals surface area contributed by atoms with E-state index in [-0.39, 0.29) is 6.73 Å². The average molecular weight is 249 g/mol. The minimum Gasteiger partial charge on any atom is -0.387 e. The van der Waals surface area contributed by atoms with Crippen LogP contribution in [0.4, 0.5) is 0 Å². The van der Waals surface area contributed by atoms with Crippen LogP contribution < -0.4 is 5.73 Å². The number of hydrogen-bond acceptors (Lipinski definition) is 5. The van der Waals surface area contributed by atoms with Crippen LogP contribution in [0.5, 0.6) is 0 Å². The number of rotatable bonds is 4. The van der Waals surface area contributed by atoms with Crippen molar-refractivity contribution in [1.82, 2.24) is 0 Å². The Hall–Kier alpha value is -0.205. The first-order valence-corrected chi connectivity index (χ1v) is 6.18. The summed E-state index contributed by atoms with van der Waals surface area (Å²) >= 11 is 0. The van der Waals surface area contributed by atoms with Gasteiger partial charge in [0.25, 0.3) is 0 Å². The number of aliphatic hydroxyl groups excluding tert-OH is 1. The summed E-state index contributed by atoms with van der Waals surface area (Å²) in [5.41, 5.74) is 5.13. The van der Waals surface area contributed by atoms with Crippen molar-refractivity contribution in [2.24, 2.45) is 5.73 Å². The molecule has 1 saturated heterocycles. The van der Waals surface area contributed by atoms with Gasteiger partial charge in [0.15, 0.2) is 0 Å². The summed E-state index contributed by atoms with van der Waals surface area (Å²) in [6.07, 6.45) is -1.78.